The third kappa shape index (κ3) is 2.86. The average Bonchev–Trinajstić information content (AvgIpc) is 3.55. The topological polar surface area (TPSA) is 64.3 Å². The van der Waals surface area contributed by atoms with Gasteiger partial charge in [0.05, 0.1) is 23.7 Å². The van der Waals surface area contributed by atoms with E-state index < -0.39 is 0 Å². The van der Waals surface area contributed by atoms with Gasteiger partial charge in [-0.1, -0.05) is 42.5 Å². The minimum atomic E-state index is -0.0719. The summed E-state index contributed by atoms with van der Waals surface area (Å²) in [5, 5.41) is 11.2. The molecule has 1 aliphatic carbocycles. The highest BCUT2D eigenvalue weighted by molar-refractivity contribution is 5.78. The summed E-state index contributed by atoms with van der Waals surface area (Å²) in [6.07, 6.45) is 0.818. The smallest absolute Gasteiger partial charge is 0.265 e. The fourth-order valence-corrected chi connectivity index (χ4v) is 4.05. The first-order valence-electron chi connectivity index (χ1n) is 9.62. The van der Waals surface area contributed by atoms with Crippen LogP contribution in [0, 0.1) is 0 Å². The summed E-state index contributed by atoms with van der Waals surface area (Å²) >= 11 is 0. The summed E-state index contributed by atoms with van der Waals surface area (Å²) < 4.78 is 6.97. The molecule has 29 heavy (non-hydrogen) atoms. The summed E-state index contributed by atoms with van der Waals surface area (Å²) in [5.74, 6) is 1.49. The first kappa shape index (κ1) is 17.5. The van der Waals surface area contributed by atoms with Crippen molar-refractivity contribution in [1.82, 2.24) is 9.55 Å². The maximum atomic E-state index is 13.3. The van der Waals surface area contributed by atoms with Gasteiger partial charge in [0.2, 0.25) is 0 Å². The van der Waals surface area contributed by atoms with Crippen molar-refractivity contribution in [2.24, 2.45) is 0 Å². The van der Waals surface area contributed by atoms with Crippen LogP contribution >= 0.6 is 0 Å². The van der Waals surface area contributed by atoms with Crippen LogP contribution in [0.1, 0.15) is 29.6 Å². The zero-order valence-electron chi connectivity index (χ0n) is 15.9. The Morgan fingerprint density at radius 3 is 2.52 bits per heavy atom. The Kier molecular flexibility index (Phi) is 4.09. The van der Waals surface area contributed by atoms with Crippen LogP contribution < -0.4 is 10.3 Å². The second kappa shape index (κ2) is 6.78. The lowest BCUT2D eigenvalue weighted by Gasteiger charge is -2.14. The molecule has 0 bridgehead atoms. The molecular weight excluding hydrogens is 364 g/mol. The Morgan fingerprint density at radius 1 is 0.966 bits per heavy atom. The molecule has 5 nitrogen and oxygen atoms in total. The van der Waals surface area contributed by atoms with E-state index in [9.17, 15) is 9.90 Å². The molecule has 1 N–H and O–H groups in total. The first-order valence-corrected chi connectivity index (χ1v) is 9.62. The zero-order valence-corrected chi connectivity index (χ0v) is 15.9. The van der Waals surface area contributed by atoms with Crippen LogP contribution in [-0.2, 0) is 0 Å². The van der Waals surface area contributed by atoms with Crippen LogP contribution in [-0.4, -0.2) is 21.8 Å². The van der Waals surface area contributed by atoms with Gasteiger partial charge in [0, 0.05) is 11.5 Å². The minimum Gasteiger partial charge on any atom is -0.504 e. The number of phenols is 1. The molecule has 0 saturated heterocycles. The molecule has 0 spiro atoms. The van der Waals surface area contributed by atoms with Crippen LogP contribution in [0.5, 0.6) is 11.5 Å². The van der Waals surface area contributed by atoms with E-state index in [1.807, 2.05) is 66.7 Å². The highest BCUT2D eigenvalue weighted by Crippen LogP contribution is 2.57. The van der Waals surface area contributed by atoms with Gasteiger partial charge in [-0.05, 0) is 42.7 Å². The lowest BCUT2D eigenvalue weighted by atomic mass is 10.1. The van der Waals surface area contributed by atoms with Gasteiger partial charge >= 0.3 is 0 Å². The largest absolute Gasteiger partial charge is 0.504 e. The number of para-hydroxylation sites is 3. The Balaban J connectivity index is 1.67. The highest BCUT2D eigenvalue weighted by atomic mass is 16.5. The molecule has 0 amide bonds. The van der Waals surface area contributed by atoms with Gasteiger partial charge < -0.3 is 9.84 Å². The van der Waals surface area contributed by atoms with Crippen LogP contribution in [0.3, 0.4) is 0 Å². The van der Waals surface area contributed by atoms with E-state index in [4.69, 9.17) is 9.72 Å². The predicted octanol–water partition coefficient (Wildman–Crippen LogP) is 4.37. The van der Waals surface area contributed by atoms with Gasteiger partial charge in [-0.15, -0.1) is 0 Å². The number of rotatable bonds is 4. The Hall–Kier alpha value is -3.60. The van der Waals surface area contributed by atoms with Crippen LogP contribution in [0.25, 0.3) is 16.6 Å². The van der Waals surface area contributed by atoms with Crippen molar-refractivity contribution in [2.45, 2.75) is 18.3 Å². The van der Waals surface area contributed by atoms with E-state index in [0.717, 1.165) is 23.5 Å². The standard InChI is InChI=1S/C24H20N2O3/c1-29-21-13-7-11-16(22(21)27)18-14-19(18)23-25-20-12-6-5-10-17(20)24(28)26(23)15-8-3-2-4-9-15/h2-13,18-19,27H,14H2,1H3/t18-,19?/m0/s1. The third-order valence-electron chi connectivity index (χ3n) is 5.59. The zero-order chi connectivity index (χ0) is 20.0. The molecule has 2 atom stereocenters. The van der Waals surface area contributed by atoms with Gasteiger partial charge in [0.15, 0.2) is 11.5 Å². The fraction of sp³-hybridized carbons (Fsp3) is 0.167. The molecule has 1 saturated carbocycles. The number of fused-ring (bicyclic) bond motifs is 1. The van der Waals surface area contributed by atoms with Crippen molar-refractivity contribution < 1.29 is 9.84 Å². The fourth-order valence-electron chi connectivity index (χ4n) is 4.05. The summed E-state index contributed by atoms with van der Waals surface area (Å²) in [5.41, 5.74) is 2.25. The Morgan fingerprint density at radius 2 is 1.72 bits per heavy atom. The molecule has 1 aromatic heterocycles. The van der Waals surface area contributed by atoms with Crippen molar-refractivity contribution in [3.8, 4) is 17.2 Å². The van der Waals surface area contributed by atoms with Crippen LogP contribution in [0.15, 0.2) is 77.6 Å². The molecule has 1 fully saturated rings. The molecule has 3 aromatic carbocycles. The monoisotopic (exact) mass is 384 g/mol. The van der Waals surface area contributed by atoms with Crippen molar-refractivity contribution in [3.63, 3.8) is 0 Å². The van der Waals surface area contributed by atoms with Crippen molar-refractivity contribution in [3.05, 3.63) is 94.5 Å². The maximum Gasteiger partial charge on any atom is 0.265 e. The van der Waals surface area contributed by atoms with E-state index >= 15 is 0 Å². The summed E-state index contributed by atoms with van der Waals surface area (Å²) in [6.45, 7) is 0. The van der Waals surface area contributed by atoms with Gasteiger partial charge in [-0.3, -0.25) is 9.36 Å². The third-order valence-corrected chi connectivity index (χ3v) is 5.59. The molecule has 4 aromatic rings. The second-order valence-corrected chi connectivity index (χ2v) is 7.31. The molecule has 5 heteroatoms. The SMILES string of the molecule is COc1cccc([C@@H]2CC2c2nc3ccccc3c(=O)n2-c2ccccc2)c1O. The molecule has 0 radical (unpaired) electrons. The van der Waals surface area contributed by atoms with E-state index in [1.54, 1.807) is 17.7 Å². The van der Waals surface area contributed by atoms with Gasteiger partial charge in [0.25, 0.3) is 5.56 Å². The first-order chi connectivity index (χ1) is 14.2. The average molecular weight is 384 g/mol. The molecule has 1 aliphatic rings. The van der Waals surface area contributed by atoms with Gasteiger partial charge in [-0.25, -0.2) is 4.98 Å². The Labute approximate surface area is 167 Å². The lowest BCUT2D eigenvalue weighted by molar-refractivity contribution is 0.370. The Bertz CT molecular complexity index is 1260. The van der Waals surface area contributed by atoms with E-state index in [2.05, 4.69) is 0 Å². The van der Waals surface area contributed by atoms with E-state index in [1.165, 1.54) is 0 Å². The number of phenolic OH excluding ortho intramolecular Hbond substituents is 1. The van der Waals surface area contributed by atoms with Crippen LogP contribution in [0.4, 0.5) is 0 Å². The number of hydrogen-bond donors (Lipinski definition) is 1. The van der Waals surface area contributed by atoms with Gasteiger partial charge in [0.1, 0.15) is 5.82 Å². The highest BCUT2D eigenvalue weighted by Gasteiger charge is 2.44. The van der Waals surface area contributed by atoms with Crippen molar-refractivity contribution >= 4 is 10.9 Å². The number of benzene rings is 3. The molecule has 1 heterocycles. The molecule has 1 unspecified atom stereocenters. The number of ether oxygens (including phenoxy) is 1. The number of nitrogens with zero attached hydrogens (tertiary/aromatic N) is 2. The number of methoxy groups -OCH3 is 1. The molecule has 144 valence electrons. The predicted molar refractivity (Wildman–Crippen MR) is 112 cm³/mol. The number of aromatic nitrogens is 2. The van der Waals surface area contributed by atoms with E-state index in [0.29, 0.717) is 16.7 Å². The van der Waals surface area contributed by atoms with Crippen LogP contribution in [0.2, 0.25) is 0 Å². The summed E-state index contributed by atoms with van der Waals surface area (Å²) in [7, 11) is 1.54. The van der Waals surface area contributed by atoms with E-state index in [-0.39, 0.29) is 23.1 Å². The summed E-state index contributed by atoms with van der Waals surface area (Å²) in [6, 6.07) is 22.6. The van der Waals surface area contributed by atoms with Crippen molar-refractivity contribution in [2.75, 3.05) is 7.11 Å². The van der Waals surface area contributed by atoms with Crippen molar-refractivity contribution in [1.29, 1.82) is 0 Å². The molecular formula is C24H20N2O3. The number of aromatic hydroxyl groups is 1. The second-order valence-electron chi connectivity index (χ2n) is 7.31. The normalized spacial score (nSPS) is 18.0. The summed E-state index contributed by atoms with van der Waals surface area (Å²) in [4.78, 5) is 18.2. The quantitative estimate of drug-likeness (QED) is 0.567. The number of hydrogen-bond acceptors (Lipinski definition) is 4. The minimum absolute atomic E-state index is 0.0468. The lowest BCUT2D eigenvalue weighted by Crippen LogP contribution is -2.23. The maximum absolute atomic E-state index is 13.3. The van der Waals surface area contributed by atoms with Gasteiger partial charge in [-0.2, -0.15) is 0 Å². The molecule has 0 aliphatic heterocycles. The molecule has 5 rings (SSSR count).